The van der Waals surface area contributed by atoms with E-state index in [1.54, 1.807) is 18.3 Å². The van der Waals surface area contributed by atoms with Gasteiger partial charge in [-0.25, -0.2) is 9.59 Å². The maximum absolute atomic E-state index is 10.8. The number of hydrogen-bond donors (Lipinski definition) is 2. The third kappa shape index (κ3) is 7.15. The molecule has 32 heavy (non-hydrogen) atoms. The number of carboxylic acids is 2. The van der Waals surface area contributed by atoms with Gasteiger partial charge in [0.05, 0.1) is 22.8 Å². The first kappa shape index (κ1) is 26.2. The molecule has 0 radical (unpaired) electrons. The van der Waals surface area contributed by atoms with Crippen molar-refractivity contribution in [3.63, 3.8) is 0 Å². The van der Waals surface area contributed by atoms with Gasteiger partial charge in [0, 0.05) is 6.20 Å². The number of aromatic nitrogens is 1. The van der Waals surface area contributed by atoms with Crippen LogP contribution in [-0.2, 0) is 12.8 Å². The summed E-state index contributed by atoms with van der Waals surface area (Å²) in [5.41, 5.74) is 3.61. The van der Waals surface area contributed by atoms with Crippen molar-refractivity contribution in [2.75, 3.05) is 0 Å². The Morgan fingerprint density at radius 2 is 1.56 bits per heavy atom. The van der Waals surface area contributed by atoms with Crippen LogP contribution in [0.25, 0.3) is 0 Å². The Balaban J connectivity index is 0.000000327. The van der Waals surface area contributed by atoms with E-state index in [1.165, 1.54) is 25.1 Å². The molecule has 3 rings (SSSR count). The lowest BCUT2D eigenvalue weighted by Crippen LogP contribution is -2.06. The molecule has 3 aromatic rings. The summed E-state index contributed by atoms with van der Waals surface area (Å²) in [5.74, 6) is -2.22. The average Bonchev–Trinajstić information content (AvgIpc) is 2.78. The van der Waals surface area contributed by atoms with Gasteiger partial charge in [0.1, 0.15) is 5.69 Å². The Kier molecular flexibility index (Phi) is 10.5. The maximum Gasteiger partial charge on any atom is 0.335 e. The first-order valence-corrected chi connectivity index (χ1v) is 9.31. The molecule has 8 heteroatoms. The summed E-state index contributed by atoms with van der Waals surface area (Å²) >= 11 is 0. The van der Waals surface area contributed by atoms with Crippen LogP contribution in [0.3, 0.4) is 0 Å². The second kappa shape index (κ2) is 12.8. The van der Waals surface area contributed by atoms with Crippen LogP contribution in [0.2, 0.25) is 0 Å². The molecule has 164 valence electrons. The largest absolute Gasteiger partial charge is 0.478 e. The van der Waals surface area contributed by atoms with E-state index in [9.17, 15) is 14.4 Å². The molecule has 0 saturated carbocycles. The lowest BCUT2D eigenvalue weighted by atomic mass is 10.0. The van der Waals surface area contributed by atoms with Crippen molar-refractivity contribution in [1.29, 1.82) is 5.26 Å². The zero-order valence-electron chi connectivity index (χ0n) is 17.2. The van der Waals surface area contributed by atoms with Crippen LogP contribution >= 0.6 is 17.0 Å². The smallest absolute Gasteiger partial charge is 0.335 e. The molecule has 2 aromatic carbocycles. The molecular weight excluding hydrogens is 476 g/mol. The van der Waals surface area contributed by atoms with E-state index in [1.807, 2.05) is 24.3 Å². The summed E-state index contributed by atoms with van der Waals surface area (Å²) in [7, 11) is 0. The number of aromatic carboxylic acids is 2. The fourth-order valence-corrected chi connectivity index (χ4v) is 2.89. The van der Waals surface area contributed by atoms with Gasteiger partial charge in [-0.15, -0.1) is 17.0 Å². The van der Waals surface area contributed by atoms with Gasteiger partial charge < -0.3 is 10.2 Å². The van der Waals surface area contributed by atoms with Gasteiger partial charge in [-0.05, 0) is 66.8 Å². The van der Waals surface area contributed by atoms with E-state index in [-0.39, 0.29) is 33.7 Å². The molecule has 0 spiro atoms. The van der Waals surface area contributed by atoms with E-state index in [4.69, 9.17) is 15.5 Å². The van der Waals surface area contributed by atoms with Crippen LogP contribution < -0.4 is 0 Å². The van der Waals surface area contributed by atoms with Crippen molar-refractivity contribution in [3.05, 3.63) is 99.9 Å². The lowest BCUT2D eigenvalue weighted by molar-refractivity contribution is 0.0696. The molecule has 0 bridgehead atoms. The fraction of sp³-hybridized carbons (Fsp3) is 0.125. The number of benzene rings is 2. The molecule has 0 saturated heterocycles. The summed E-state index contributed by atoms with van der Waals surface area (Å²) in [6, 6.07) is 17.5. The van der Waals surface area contributed by atoms with Crippen molar-refractivity contribution in [3.8, 4) is 6.07 Å². The normalized spacial score (nSPS) is 9.38. The van der Waals surface area contributed by atoms with Gasteiger partial charge in [0.25, 0.3) is 0 Å². The standard InChI is InChI=1S/C15H12N2O.C9H8O4.BrH/c16-10-13-5-3-12(4-6-13)7-8-14-2-1-9-17-15(14)11-18;1-5-6(8(10)11)3-2-4-7(5)9(12)13;/h1-6,9,11H,7-8H2;2-4H,1H3,(H,10,11)(H,12,13);1H. The van der Waals surface area contributed by atoms with Crippen LogP contribution in [0.1, 0.15) is 53.5 Å². The van der Waals surface area contributed by atoms with Crippen molar-refractivity contribution >= 4 is 35.2 Å². The predicted octanol–water partition coefficient (Wildman–Crippen LogP) is 4.52. The number of nitriles is 1. The summed E-state index contributed by atoms with van der Waals surface area (Å²) < 4.78 is 0. The Bertz CT molecular complexity index is 1110. The number of aryl methyl sites for hydroxylation is 2. The van der Waals surface area contributed by atoms with Gasteiger partial charge >= 0.3 is 11.9 Å². The quantitative estimate of drug-likeness (QED) is 0.479. The monoisotopic (exact) mass is 496 g/mol. The highest BCUT2D eigenvalue weighted by Gasteiger charge is 2.13. The van der Waals surface area contributed by atoms with Crippen LogP contribution in [0.5, 0.6) is 0 Å². The molecule has 1 aromatic heterocycles. The summed E-state index contributed by atoms with van der Waals surface area (Å²) in [6.45, 7) is 1.48. The highest BCUT2D eigenvalue weighted by molar-refractivity contribution is 8.93. The Morgan fingerprint density at radius 3 is 2.06 bits per heavy atom. The molecule has 2 N–H and O–H groups in total. The SMILES string of the molecule is Br.Cc1c(C(=O)O)cccc1C(=O)O.N#Cc1ccc(CCc2cccnc2C=O)cc1. The number of carboxylic acid groups (broad SMARTS) is 2. The number of nitrogens with zero attached hydrogens (tertiary/aromatic N) is 2. The molecular formula is C24H21BrN2O5. The van der Waals surface area contributed by atoms with Crippen molar-refractivity contribution in [2.45, 2.75) is 19.8 Å². The third-order valence-corrected chi connectivity index (χ3v) is 4.60. The second-order valence-corrected chi connectivity index (χ2v) is 6.56. The number of rotatable bonds is 6. The van der Waals surface area contributed by atoms with Crippen LogP contribution in [0, 0.1) is 18.3 Å². The number of pyridine rings is 1. The highest BCUT2D eigenvalue weighted by atomic mass is 79.9. The zero-order valence-corrected chi connectivity index (χ0v) is 18.9. The average molecular weight is 497 g/mol. The topological polar surface area (TPSA) is 128 Å². The van der Waals surface area contributed by atoms with E-state index in [2.05, 4.69) is 11.1 Å². The lowest BCUT2D eigenvalue weighted by Gasteiger charge is -2.04. The molecule has 0 aliphatic rings. The van der Waals surface area contributed by atoms with Gasteiger partial charge in [-0.2, -0.15) is 5.26 Å². The molecule has 0 fully saturated rings. The molecule has 0 atom stereocenters. The second-order valence-electron chi connectivity index (χ2n) is 6.56. The molecule has 0 aliphatic carbocycles. The van der Waals surface area contributed by atoms with Crippen molar-refractivity contribution in [1.82, 2.24) is 4.98 Å². The van der Waals surface area contributed by atoms with E-state index in [0.29, 0.717) is 11.3 Å². The fourth-order valence-electron chi connectivity index (χ4n) is 2.89. The molecule has 0 unspecified atom stereocenters. The first-order valence-electron chi connectivity index (χ1n) is 9.31. The summed E-state index contributed by atoms with van der Waals surface area (Å²) in [5, 5.41) is 26.1. The van der Waals surface area contributed by atoms with E-state index >= 15 is 0 Å². The maximum atomic E-state index is 10.8. The van der Waals surface area contributed by atoms with Gasteiger partial charge in [-0.3, -0.25) is 9.78 Å². The van der Waals surface area contributed by atoms with E-state index < -0.39 is 11.9 Å². The highest BCUT2D eigenvalue weighted by Crippen LogP contribution is 2.13. The minimum atomic E-state index is -1.11. The summed E-state index contributed by atoms with van der Waals surface area (Å²) in [4.78, 5) is 36.1. The Morgan fingerprint density at radius 1 is 0.969 bits per heavy atom. The first-order chi connectivity index (χ1) is 14.9. The predicted molar refractivity (Wildman–Crippen MR) is 124 cm³/mol. The minimum absolute atomic E-state index is 0. The van der Waals surface area contributed by atoms with E-state index in [0.717, 1.165) is 30.3 Å². The summed E-state index contributed by atoms with van der Waals surface area (Å²) in [6.07, 6.45) is 4.01. The molecule has 0 aliphatic heterocycles. The Labute approximate surface area is 195 Å². The third-order valence-electron chi connectivity index (χ3n) is 4.60. The van der Waals surface area contributed by atoms with Gasteiger partial charge in [-0.1, -0.05) is 24.3 Å². The number of carbonyl (C=O) groups is 3. The minimum Gasteiger partial charge on any atom is -0.478 e. The number of carbonyl (C=O) groups excluding carboxylic acids is 1. The van der Waals surface area contributed by atoms with Crippen LogP contribution in [-0.4, -0.2) is 33.4 Å². The zero-order chi connectivity index (χ0) is 22.8. The van der Waals surface area contributed by atoms with Crippen molar-refractivity contribution in [2.24, 2.45) is 0 Å². The van der Waals surface area contributed by atoms with Gasteiger partial charge in [0.15, 0.2) is 6.29 Å². The van der Waals surface area contributed by atoms with Crippen LogP contribution in [0.15, 0.2) is 60.8 Å². The van der Waals surface area contributed by atoms with Gasteiger partial charge in [0.2, 0.25) is 0 Å². The van der Waals surface area contributed by atoms with Crippen LogP contribution in [0.4, 0.5) is 0 Å². The van der Waals surface area contributed by atoms with Crippen molar-refractivity contribution < 1.29 is 24.6 Å². The molecule has 0 amide bonds. The Hall–Kier alpha value is -3.83. The number of aldehydes is 1. The number of halogens is 1. The molecule has 7 nitrogen and oxygen atoms in total. The number of hydrogen-bond acceptors (Lipinski definition) is 5. The molecule has 1 heterocycles.